The zero-order chi connectivity index (χ0) is 22.1. The molecule has 1 atom stereocenters. The van der Waals surface area contributed by atoms with Gasteiger partial charge in [-0.15, -0.1) is 0 Å². The van der Waals surface area contributed by atoms with Crippen molar-refractivity contribution in [1.82, 2.24) is 9.97 Å². The van der Waals surface area contributed by atoms with Crippen LogP contribution in [0.4, 0.5) is 5.69 Å². The summed E-state index contributed by atoms with van der Waals surface area (Å²) in [4.78, 5) is 35.2. The number of benzene rings is 2. The lowest BCUT2D eigenvalue weighted by Crippen LogP contribution is -2.43. The molecule has 3 aromatic rings. The molecule has 9 nitrogen and oxygen atoms in total. The first-order valence-corrected chi connectivity index (χ1v) is 9.66. The minimum absolute atomic E-state index is 0.0809. The number of Topliss-reactive ketones (excluding diaryl/α,β-unsaturated/α-hetero) is 1. The Morgan fingerprint density at radius 3 is 2.45 bits per heavy atom. The number of imidazole rings is 1. The van der Waals surface area contributed by atoms with Crippen LogP contribution >= 0.6 is 0 Å². The van der Waals surface area contributed by atoms with Crippen molar-refractivity contribution in [2.24, 2.45) is 5.73 Å². The number of carbonyl (C=O) groups is 2. The van der Waals surface area contributed by atoms with Crippen LogP contribution in [0, 0.1) is 0 Å². The van der Waals surface area contributed by atoms with E-state index < -0.39 is 17.8 Å². The van der Waals surface area contributed by atoms with E-state index in [1.165, 1.54) is 19.1 Å². The lowest BCUT2D eigenvalue weighted by atomic mass is 10.1. The smallest absolute Gasteiger partial charge is 0.337 e. The van der Waals surface area contributed by atoms with E-state index in [4.69, 9.17) is 19.9 Å². The third-order valence-electron chi connectivity index (χ3n) is 5.02. The van der Waals surface area contributed by atoms with Crippen LogP contribution in [-0.4, -0.2) is 48.6 Å². The standard InChI is InChI=1S/C22H22N4O5/c1-4-31-22(28)18-19(27)17(21-24-15-7-5-6-8-16(15)25-21)20(23)26(18)12-9-13(29-2)11-14(10-12)30-3/h5-11,18H,4,23H2,1-3H3,(H,24,25). The number of nitrogens with two attached hydrogens (primary N) is 1. The Hall–Kier alpha value is -4.01. The van der Waals surface area contributed by atoms with E-state index in [0.717, 1.165) is 5.52 Å². The number of fused-ring (bicyclic) bond motifs is 1. The summed E-state index contributed by atoms with van der Waals surface area (Å²) in [6, 6.07) is 11.1. The zero-order valence-corrected chi connectivity index (χ0v) is 17.3. The highest BCUT2D eigenvalue weighted by atomic mass is 16.5. The van der Waals surface area contributed by atoms with E-state index >= 15 is 0 Å². The third kappa shape index (κ3) is 3.43. The molecule has 4 rings (SSSR count). The molecule has 0 amide bonds. The summed E-state index contributed by atoms with van der Waals surface area (Å²) >= 11 is 0. The predicted molar refractivity (Wildman–Crippen MR) is 115 cm³/mol. The van der Waals surface area contributed by atoms with Crippen LogP contribution in [0.1, 0.15) is 12.7 Å². The van der Waals surface area contributed by atoms with E-state index in [9.17, 15) is 9.59 Å². The topological polar surface area (TPSA) is 120 Å². The summed E-state index contributed by atoms with van der Waals surface area (Å²) in [5, 5.41) is 0. The predicted octanol–water partition coefficient (Wildman–Crippen LogP) is 2.23. The second kappa shape index (κ2) is 8.02. The number of carbonyl (C=O) groups excluding carboxylic acids is 2. The van der Waals surface area contributed by atoms with Crippen LogP contribution in [0.2, 0.25) is 0 Å². The SMILES string of the molecule is CCOC(=O)C1C(=O)C(c2nc3ccccc3[nH]2)=C(N)N1c1cc(OC)cc(OC)c1. The fraction of sp³-hybridized carbons (Fsp3) is 0.227. The molecular formula is C22H22N4O5. The van der Waals surface area contributed by atoms with Gasteiger partial charge in [0.1, 0.15) is 28.7 Å². The Labute approximate surface area is 178 Å². The van der Waals surface area contributed by atoms with Crippen molar-refractivity contribution in [3.05, 3.63) is 54.1 Å². The van der Waals surface area contributed by atoms with Crippen molar-refractivity contribution in [3.63, 3.8) is 0 Å². The first kappa shape index (κ1) is 20.3. The van der Waals surface area contributed by atoms with Crippen molar-refractivity contribution in [1.29, 1.82) is 0 Å². The van der Waals surface area contributed by atoms with Gasteiger partial charge in [-0.3, -0.25) is 4.79 Å². The number of hydrogen-bond donors (Lipinski definition) is 2. The zero-order valence-electron chi connectivity index (χ0n) is 17.3. The number of esters is 1. The fourth-order valence-electron chi connectivity index (χ4n) is 3.60. The molecule has 0 bridgehead atoms. The van der Waals surface area contributed by atoms with E-state index in [0.29, 0.717) is 22.7 Å². The molecule has 0 saturated carbocycles. The molecular weight excluding hydrogens is 400 g/mol. The lowest BCUT2D eigenvalue weighted by molar-refractivity contribution is -0.146. The summed E-state index contributed by atoms with van der Waals surface area (Å²) in [5.41, 5.74) is 8.44. The number of methoxy groups -OCH3 is 2. The molecule has 0 aliphatic carbocycles. The van der Waals surface area contributed by atoms with Gasteiger partial charge in [0.25, 0.3) is 0 Å². The number of para-hydroxylation sites is 2. The minimum atomic E-state index is -1.29. The number of rotatable bonds is 6. The Morgan fingerprint density at radius 2 is 1.84 bits per heavy atom. The molecule has 0 fully saturated rings. The van der Waals surface area contributed by atoms with Crippen molar-refractivity contribution < 1.29 is 23.8 Å². The molecule has 1 aromatic heterocycles. The number of nitrogens with zero attached hydrogens (tertiary/aromatic N) is 2. The largest absolute Gasteiger partial charge is 0.497 e. The van der Waals surface area contributed by atoms with Crippen LogP contribution in [-0.2, 0) is 14.3 Å². The number of aromatic nitrogens is 2. The molecule has 0 spiro atoms. The quantitative estimate of drug-likeness (QED) is 0.458. The van der Waals surface area contributed by atoms with Crippen molar-refractivity contribution in [2.75, 3.05) is 25.7 Å². The second-order valence-corrected chi connectivity index (χ2v) is 6.82. The summed E-state index contributed by atoms with van der Waals surface area (Å²) in [7, 11) is 3.02. The normalized spacial score (nSPS) is 16.2. The molecule has 2 heterocycles. The number of ketones is 1. The summed E-state index contributed by atoms with van der Waals surface area (Å²) in [5.74, 6) is 0.122. The fourth-order valence-corrected chi connectivity index (χ4v) is 3.60. The molecule has 2 aromatic carbocycles. The van der Waals surface area contributed by atoms with Crippen LogP contribution in [0.5, 0.6) is 11.5 Å². The van der Waals surface area contributed by atoms with Gasteiger partial charge in [0.15, 0.2) is 6.04 Å². The number of anilines is 1. The maximum atomic E-state index is 13.4. The number of hydrogen-bond acceptors (Lipinski definition) is 8. The Kier molecular flexibility index (Phi) is 5.24. The van der Waals surface area contributed by atoms with Crippen LogP contribution < -0.4 is 20.1 Å². The first-order valence-electron chi connectivity index (χ1n) is 9.66. The van der Waals surface area contributed by atoms with E-state index in [1.807, 2.05) is 24.3 Å². The van der Waals surface area contributed by atoms with Gasteiger partial charge >= 0.3 is 5.97 Å². The molecule has 1 aliphatic rings. The summed E-state index contributed by atoms with van der Waals surface area (Å²) in [6.45, 7) is 1.80. The van der Waals surface area contributed by atoms with E-state index in [-0.39, 0.29) is 23.8 Å². The number of nitrogens with one attached hydrogen (secondary N) is 1. The maximum absolute atomic E-state index is 13.4. The van der Waals surface area contributed by atoms with Crippen LogP contribution in [0.25, 0.3) is 16.6 Å². The first-order chi connectivity index (χ1) is 15.0. The number of aromatic amines is 1. The molecule has 1 aliphatic heterocycles. The third-order valence-corrected chi connectivity index (χ3v) is 5.02. The number of ether oxygens (including phenoxy) is 3. The maximum Gasteiger partial charge on any atom is 0.337 e. The monoisotopic (exact) mass is 422 g/mol. The molecule has 1 unspecified atom stereocenters. The Bertz CT molecular complexity index is 1140. The molecule has 0 saturated heterocycles. The van der Waals surface area contributed by atoms with Gasteiger partial charge in [-0.05, 0) is 19.1 Å². The van der Waals surface area contributed by atoms with Gasteiger partial charge in [-0.1, -0.05) is 12.1 Å². The number of H-pyrrole nitrogens is 1. The molecule has 31 heavy (non-hydrogen) atoms. The molecule has 9 heteroatoms. The summed E-state index contributed by atoms with van der Waals surface area (Å²) < 4.78 is 15.8. The van der Waals surface area contributed by atoms with Gasteiger partial charge in [0.2, 0.25) is 5.78 Å². The second-order valence-electron chi connectivity index (χ2n) is 6.82. The van der Waals surface area contributed by atoms with Gasteiger partial charge in [-0.25, -0.2) is 9.78 Å². The highest BCUT2D eigenvalue weighted by molar-refractivity contribution is 6.33. The molecule has 0 radical (unpaired) electrons. The van der Waals surface area contributed by atoms with Gasteiger partial charge in [-0.2, -0.15) is 0 Å². The van der Waals surface area contributed by atoms with Gasteiger partial charge < -0.3 is 29.8 Å². The highest BCUT2D eigenvalue weighted by Crippen LogP contribution is 2.38. The van der Waals surface area contributed by atoms with Gasteiger partial charge in [0.05, 0.1) is 37.5 Å². The highest BCUT2D eigenvalue weighted by Gasteiger charge is 2.46. The van der Waals surface area contributed by atoms with E-state index in [1.54, 1.807) is 25.1 Å². The molecule has 3 N–H and O–H groups in total. The Morgan fingerprint density at radius 1 is 1.16 bits per heavy atom. The Balaban J connectivity index is 1.89. The van der Waals surface area contributed by atoms with E-state index in [2.05, 4.69) is 9.97 Å². The lowest BCUT2D eigenvalue weighted by Gasteiger charge is -2.26. The van der Waals surface area contributed by atoms with Crippen LogP contribution in [0.15, 0.2) is 48.3 Å². The average Bonchev–Trinajstić information content (AvgIpc) is 3.31. The van der Waals surface area contributed by atoms with Crippen LogP contribution in [0.3, 0.4) is 0 Å². The van der Waals surface area contributed by atoms with Crippen molar-refractivity contribution in [3.8, 4) is 11.5 Å². The summed E-state index contributed by atoms with van der Waals surface area (Å²) in [6.07, 6.45) is 0. The van der Waals surface area contributed by atoms with Gasteiger partial charge in [0, 0.05) is 18.2 Å². The van der Waals surface area contributed by atoms with Crippen molar-refractivity contribution >= 4 is 34.0 Å². The minimum Gasteiger partial charge on any atom is -0.497 e. The average molecular weight is 422 g/mol. The molecule has 160 valence electrons. The van der Waals surface area contributed by atoms with Crippen molar-refractivity contribution in [2.45, 2.75) is 13.0 Å².